The summed E-state index contributed by atoms with van der Waals surface area (Å²) in [7, 11) is 0. The van der Waals surface area contributed by atoms with E-state index in [0.29, 0.717) is 18.9 Å². The van der Waals surface area contributed by atoms with Crippen molar-refractivity contribution in [1.82, 2.24) is 4.90 Å². The molecule has 2 N–H and O–H groups in total. The molecule has 1 saturated heterocycles. The minimum absolute atomic E-state index is 0.277. The zero-order valence-electron chi connectivity index (χ0n) is 10.6. The molecule has 1 aliphatic heterocycles. The van der Waals surface area contributed by atoms with Crippen molar-refractivity contribution in [2.75, 3.05) is 12.3 Å². The number of amides is 1. The highest BCUT2D eigenvalue weighted by Crippen LogP contribution is 2.24. The van der Waals surface area contributed by atoms with E-state index in [9.17, 15) is 4.79 Å². The topological polar surface area (TPSA) is 46.3 Å². The van der Waals surface area contributed by atoms with E-state index in [-0.39, 0.29) is 5.91 Å². The van der Waals surface area contributed by atoms with Crippen LogP contribution in [-0.2, 0) is 11.3 Å². The third kappa shape index (κ3) is 2.43. The van der Waals surface area contributed by atoms with Crippen molar-refractivity contribution in [3.05, 3.63) is 29.3 Å². The summed E-state index contributed by atoms with van der Waals surface area (Å²) < 4.78 is 0. The maximum Gasteiger partial charge on any atom is 0.223 e. The maximum atomic E-state index is 11.8. The predicted molar refractivity (Wildman–Crippen MR) is 69.4 cm³/mol. The number of hydrogen-bond donors (Lipinski definition) is 1. The number of carbonyl (C=O) groups excluding carboxylic acids is 1. The molecular formula is C14H20N2O. The van der Waals surface area contributed by atoms with Gasteiger partial charge in [-0.25, -0.2) is 0 Å². The summed E-state index contributed by atoms with van der Waals surface area (Å²) in [6.45, 7) is 5.76. The van der Waals surface area contributed by atoms with Crippen molar-refractivity contribution in [3.63, 3.8) is 0 Å². The summed E-state index contributed by atoms with van der Waals surface area (Å²) in [6.07, 6.45) is 1.79. The fourth-order valence-corrected chi connectivity index (χ4v) is 2.36. The van der Waals surface area contributed by atoms with E-state index in [1.807, 2.05) is 24.0 Å². The standard InChI is InChI=1S/C14H20N2O/c1-3-11-7-14(17)16(8-11)9-12-5-4-6-13(15)10(12)2/h4-6,11H,3,7-9,15H2,1-2H3. The molecule has 1 aromatic rings. The number of benzene rings is 1. The first-order valence-electron chi connectivity index (χ1n) is 6.23. The number of nitrogen functional groups attached to an aromatic ring is 1. The van der Waals surface area contributed by atoms with Crippen LogP contribution in [0.5, 0.6) is 0 Å². The van der Waals surface area contributed by atoms with Crippen LogP contribution in [0.15, 0.2) is 18.2 Å². The summed E-state index contributed by atoms with van der Waals surface area (Å²) >= 11 is 0. The molecule has 92 valence electrons. The molecular weight excluding hydrogens is 212 g/mol. The van der Waals surface area contributed by atoms with Gasteiger partial charge in [-0.15, -0.1) is 0 Å². The number of likely N-dealkylation sites (tertiary alicyclic amines) is 1. The van der Waals surface area contributed by atoms with Gasteiger partial charge < -0.3 is 10.6 Å². The van der Waals surface area contributed by atoms with Crippen molar-refractivity contribution in [2.45, 2.75) is 33.2 Å². The first kappa shape index (κ1) is 12.0. The van der Waals surface area contributed by atoms with Crippen LogP contribution in [0.4, 0.5) is 5.69 Å². The lowest BCUT2D eigenvalue weighted by Gasteiger charge is -2.18. The van der Waals surface area contributed by atoms with Crippen LogP contribution in [0.25, 0.3) is 0 Å². The summed E-state index contributed by atoms with van der Waals surface area (Å²) in [5.74, 6) is 0.808. The van der Waals surface area contributed by atoms with E-state index in [1.54, 1.807) is 0 Å². The average molecular weight is 232 g/mol. The molecule has 0 saturated carbocycles. The van der Waals surface area contributed by atoms with Gasteiger partial charge in [0.2, 0.25) is 5.91 Å². The Morgan fingerprint density at radius 1 is 1.47 bits per heavy atom. The summed E-state index contributed by atoms with van der Waals surface area (Å²) in [4.78, 5) is 13.8. The predicted octanol–water partition coefficient (Wildman–Crippen LogP) is 2.34. The van der Waals surface area contributed by atoms with Gasteiger partial charge in [0.1, 0.15) is 0 Å². The Morgan fingerprint density at radius 2 is 2.24 bits per heavy atom. The molecule has 0 bridgehead atoms. The van der Waals surface area contributed by atoms with E-state index < -0.39 is 0 Å². The van der Waals surface area contributed by atoms with Crippen LogP contribution < -0.4 is 5.73 Å². The third-order valence-electron chi connectivity index (χ3n) is 3.72. The smallest absolute Gasteiger partial charge is 0.223 e. The highest BCUT2D eigenvalue weighted by molar-refractivity contribution is 5.78. The van der Waals surface area contributed by atoms with Crippen LogP contribution in [0.1, 0.15) is 30.9 Å². The van der Waals surface area contributed by atoms with Gasteiger partial charge in [-0.1, -0.05) is 25.5 Å². The van der Waals surface area contributed by atoms with E-state index >= 15 is 0 Å². The zero-order chi connectivity index (χ0) is 12.4. The lowest BCUT2D eigenvalue weighted by atomic mass is 10.1. The Hall–Kier alpha value is -1.51. The molecule has 0 radical (unpaired) electrons. The first-order chi connectivity index (χ1) is 8.11. The van der Waals surface area contributed by atoms with Gasteiger partial charge in [0.15, 0.2) is 0 Å². The van der Waals surface area contributed by atoms with Crippen LogP contribution >= 0.6 is 0 Å². The number of rotatable bonds is 3. The minimum atomic E-state index is 0.277. The number of nitrogens with two attached hydrogens (primary N) is 1. The third-order valence-corrected chi connectivity index (χ3v) is 3.72. The number of hydrogen-bond acceptors (Lipinski definition) is 2. The minimum Gasteiger partial charge on any atom is -0.399 e. The quantitative estimate of drug-likeness (QED) is 0.813. The van der Waals surface area contributed by atoms with E-state index in [2.05, 4.69) is 13.0 Å². The Morgan fingerprint density at radius 3 is 2.88 bits per heavy atom. The molecule has 1 atom stereocenters. The Balaban J connectivity index is 2.11. The molecule has 3 heteroatoms. The molecule has 2 rings (SSSR count). The SMILES string of the molecule is CCC1CC(=O)N(Cc2cccc(N)c2C)C1. The molecule has 1 aliphatic rings. The van der Waals surface area contributed by atoms with Crippen LogP contribution in [0, 0.1) is 12.8 Å². The first-order valence-corrected chi connectivity index (χ1v) is 6.23. The summed E-state index contributed by atoms with van der Waals surface area (Å²) in [5.41, 5.74) is 8.95. The normalized spacial score (nSPS) is 20.0. The van der Waals surface area contributed by atoms with Gasteiger partial charge in [0, 0.05) is 25.2 Å². The molecule has 1 unspecified atom stereocenters. The lowest BCUT2D eigenvalue weighted by molar-refractivity contribution is -0.128. The molecule has 1 amide bonds. The van der Waals surface area contributed by atoms with E-state index in [4.69, 9.17) is 5.73 Å². The molecule has 0 aromatic heterocycles. The van der Waals surface area contributed by atoms with Crippen molar-refractivity contribution in [3.8, 4) is 0 Å². The van der Waals surface area contributed by atoms with Crippen LogP contribution in [0.3, 0.4) is 0 Å². The second-order valence-electron chi connectivity index (χ2n) is 4.88. The Bertz CT molecular complexity index is 428. The number of anilines is 1. The fourth-order valence-electron chi connectivity index (χ4n) is 2.36. The van der Waals surface area contributed by atoms with E-state index in [0.717, 1.165) is 29.8 Å². The van der Waals surface area contributed by atoms with E-state index in [1.165, 1.54) is 0 Å². The molecule has 3 nitrogen and oxygen atoms in total. The highest BCUT2D eigenvalue weighted by Gasteiger charge is 2.28. The average Bonchev–Trinajstić information content (AvgIpc) is 2.66. The van der Waals surface area contributed by atoms with Crippen molar-refractivity contribution < 1.29 is 4.79 Å². The summed E-state index contributed by atoms with van der Waals surface area (Å²) in [5, 5.41) is 0. The monoisotopic (exact) mass is 232 g/mol. The van der Waals surface area contributed by atoms with Gasteiger partial charge >= 0.3 is 0 Å². The van der Waals surface area contributed by atoms with Gasteiger partial charge in [0.05, 0.1) is 0 Å². The number of carbonyl (C=O) groups is 1. The largest absolute Gasteiger partial charge is 0.399 e. The Kier molecular flexibility index (Phi) is 3.36. The molecule has 0 spiro atoms. The van der Waals surface area contributed by atoms with Gasteiger partial charge in [-0.3, -0.25) is 4.79 Å². The maximum absolute atomic E-state index is 11.8. The van der Waals surface area contributed by atoms with Gasteiger partial charge in [-0.05, 0) is 30.0 Å². The van der Waals surface area contributed by atoms with Gasteiger partial charge in [0.25, 0.3) is 0 Å². The molecule has 17 heavy (non-hydrogen) atoms. The van der Waals surface area contributed by atoms with Crippen LogP contribution in [-0.4, -0.2) is 17.4 Å². The van der Waals surface area contributed by atoms with Crippen molar-refractivity contribution in [2.24, 2.45) is 5.92 Å². The lowest BCUT2D eigenvalue weighted by Crippen LogP contribution is -2.25. The van der Waals surface area contributed by atoms with Crippen molar-refractivity contribution in [1.29, 1.82) is 0 Å². The second-order valence-corrected chi connectivity index (χ2v) is 4.88. The molecule has 0 aliphatic carbocycles. The molecule has 1 fully saturated rings. The van der Waals surface area contributed by atoms with Crippen molar-refractivity contribution >= 4 is 11.6 Å². The Labute approximate surface area is 103 Å². The fraction of sp³-hybridized carbons (Fsp3) is 0.500. The second kappa shape index (κ2) is 4.78. The highest BCUT2D eigenvalue weighted by atomic mass is 16.2. The molecule has 1 heterocycles. The van der Waals surface area contributed by atoms with Crippen LogP contribution in [0.2, 0.25) is 0 Å². The zero-order valence-corrected chi connectivity index (χ0v) is 10.6. The molecule has 1 aromatic carbocycles. The summed E-state index contributed by atoms with van der Waals surface area (Å²) in [6, 6.07) is 5.91. The van der Waals surface area contributed by atoms with Gasteiger partial charge in [-0.2, -0.15) is 0 Å². The number of nitrogens with zero attached hydrogens (tertiary/aromatic N) is 1.